The highest BCUT2D eigenvalue weighted by Gasteiger charge is 2.14. The summed E-state index contributed by atoms with van der Waals surface area (Å²) in [6, 6.07) is 5.07. The fraction of sp³-hybridized carbons (Fsp3) is 0.538. The monoisotopic (exact) mass is 267 g/mol. The molecule has 0 atom stereocenters. The van der Waals surface area contributed by atoms with Crippen molar-refractivity contribution in [3.63, 3.8) is 0 Å². The van der Waals surface area contributed by atoms with Gasteiger partial charge in [-0.3, -0.25) is 15.0 Å². The van der Waals surface area contributed by atoms with Crippen molar-refractivity contribution >= 4 is 11.4 Å². The quantitative estimate of drug-likeness (QED) is 0.555. The summed E-state index contributed by atoms with van der Waals surface area (Å²) in [5.41, 5.74) is 1.59. The van der Waals surface area contributed by atoms with E-state index < -0.39 is 4.92 Å². The van der Waals surface area contributed by atoms with Crippen molar-refractivity contribution in [1.82, 2.24) is 4.90 Å². The van der Waals surface area contributed by atoms with Crippen molar-refractivity contribution in [2.24, 2.45) is 0 Å². The van der Waals surface area contributed by atoms with Gasteiger partial charge in [-0.1, -0.05) is 13.0 Å². The van der Waals surface area contributed by atoms with E-state index in [1.807, 2.05) is 0 Å². The van der Waals surface area contributed by atoms with Gasteiger partial charge in [0.25, 0.3) is 5.69 Å². The summed E-state index contributed by atoms with van der Waals surface area (Å²) in [5, 5.41) is 22.7. The lowest BCUT2D eigenvalue weighted by atomic mass is 10.1. The summed E-state index contributed by atoms with van der Waals surface area (Å²) in [6.07, 6.45) is 1.01. The predicted molar refractivity (Wildman–Crippen MR) is 75.3 cm³/mol. The van der Waals surface area contributed by atoms with E-state index in [0.717, 1.165) is 18.5 Å². The largest absolute Gasteiger partial charge is 0.395 e. The van der Waals surface area contributed by atoms with Crippen LogP contribution in [0.5, 0.6) is 0 Å². The number of nitrogens with zero attached hydrogens (tertiary/aromatic N) is 2. The third-order valence-electron chi connectivity index (χ3n) is 2.89. The van der Waals surface area contributed by atoms with Crippen LogP contribution in [0, 0.1) is 10.1 Å². The highest BCUT2D eigenvalue weighted by atomic mass is 16.6. The summed E-state index contributed by atoms with van der Waals surface area (Å²) in [6.45, 7) is 4.39. The third-order valence-corrected chi connectivity index (χ3v) is 2.89. The highest BCUT2D eigenvalue weighted by Crippen LogP contribution is 2.25. The Morgan fingerprint density at radius 2 is 2.16 bits per heavy atom. The molecule has 0 radical (unpaired) electrons. The number of hydrogen-bond acceptors (Lipinski definition) is 5. The Bertz CT molecular complexity index is 418. The first-order chi connectivity index (χ1) is 9.12. The molecule has 0 fully saturated rings. The fourth-order valence-electron chi connectivity index (χ4n) is 2.03. The minimum absolute atomic E-state index is 0.0791. The van der Waals surface area contributed by atoms with Crippen molar-refractivity contribution in [2.45, 2.75) is 19.9 Å². The molecule has 0 aliphatic carbocycles. The van der Waals surface area contributed by atoms with Crippen LogP contribution in [0.15, 0.2) is 18.2 Å². The molecule has 1 rings (SSSR count). The molecule has 6 heteroatoms. The number of hydrogen-bond donors (Lipinski definition) is 2. The van der Waals surface area contributed by atoms with Gasteiger partial charge in [-0.15, -0.1) is 0 Å². The molecule has 19 heavy (non-hydrogen) atoms. The van der Waals surface area contributed by atoms with Crippen molar-refractivity contribution in [1.29, 1.82) is 0 Å². The van der Waals surface area contributed by atoms with Gasteiger partial charge in [0.2, 0.25) is 0 Å². The number of nitro groups is 1. The topological polar surface area (TPSA) is 78.6 Å². The number of benzene rings is 1. The first kappa shape index (κ1) is 15.4. The SMILES string of the molecule is CCCN(CCO)Cc1ccc([N+](=O)[O-])c(NC)c1. The lowest BCUT2D eigenvalue weighted by molar-refractivity contribution is -0.384. The first-order valence-corrected chi connectivity index (χ1v) is 6.40. The van der Waals surface area contributed by atoms with Gasteiger partial charge in [-0.05, 0) is 24.6 Å². The van der Waals surface area contributed by atoms with E-state index in [1.54, 1.807) is 19.2 Å². The Kier molecular flexibility index (Phi) is 6.24. The molecule has 106 valence electrons. The number of aliphatic hydroxyl groups is 1. The predicted octanol–water partition coefficient (Wildman–Crippen LogP) is 1.84. The maximum absolute atomic E-state index is 10.8. The first-order valence-electron chi connectivity index (χ1n) is 6.40. The Labute approximate surface area is 113 Å². The standard InChI is InChI=1S/C13H21N3O3/c1-3-6-15(7-8-17)10-11-4-5-13(16(18)19)12(9-11)14-2/h4-5,9,14,17H,3,6-8,10H2,1-2H3. The van der Waals surface area contributed by atoms with Crippen LogP contribution in [-0.4, -0.2) is 41.7 Å². The average molecular weight is 267 g/mol. The summed E-state index contributed by atoms with van der Waals surface area (Å²) >= 11 is 0. The molecule has 0 saturated carbocycles. The Morgan fingerprint density at radius 3 is 2.68 bits per heavy atom. The molecule has 0 heterocycles. The highest BCUT2D eigenvalue weighted by molar-refractivity contribution is 5.62. The molecule has 0 unspecified atom stereocenters. The maximum atomic E-state index is 10.8. The summed E-state index contributed by atoms with van der Waals surface area (Å²) in [7, 11) is 1.67. The number of nitrogens with one attached hydrogen (secondary N) is 1. The van der Waals surface area contributed by atoms with Crippen molar-refractivity contribution < 1.29 is 10.0 Å². The number of aliphatic hydroxyl groups excluding tert-OH is 1. The van der Waals surface area contributed by atoms with E-state index in [4.69, 9.17) is 5.11 Å². The van der Waals surface area contributed by atoms with Crippen LogP contribution < -0.4 is 5.32 Å². The number of nitro benzene ring substituents is 1. The second kappa shape index (κ2) is 7.70. The second-order valence-corrected chi connectivity index (χ2v) is 4.36. The van der Waals surface area contributed by atoms with Crippen LogP contribution >= 0.6 is 0 Å². The van der Waals surface area contributed by atoms with Gasteiger partial charge in [0.15, 0.2) is 0 Å². The van der Waals surface area contributed by atoms with Gasteiger partial charge in [0.05, 0.1) is 11.5 Å². The van der Waals surface area contributed by atoms with Gasteiger partial charge in [0.1, 0.15) is 5.69 Å². The molecular weight excluding hydrogens is 246 g/mol. The van der Waals surface area contributed by atoms with Gasteiger partial charge in [0, 0.05) is 26.2 Å². The molecule has 1 aromatic rings. The normalized spacial score (nSPS) is 10.7. The summed E-state index contributed by atoms with van der Waals surface area (Å²) in [5.74, 6) is 0. The van der Waals surface area contributed by atoms with E-state index in [9.17, 15) is 10.1 Å². The molecular formula is C13H21N3O3. The number of anilines is 1. The molecule has 2 N–H and O–H groups in total. The maximum Gasteiger partial charge on any atom is 0.292 e. The zero-order chi connectivity index (χ0) is 14.3. The second-order valence-electron chi connectivity index (χ2n) is 4.36. The van der Waals surface area contributed by atoms with Crippen molar-refractivity contribution in [3.8, 4) is 0 Å². The Morgan fingerprint density at radius 1 is 1.42 bits per heavy atom. The van der Waals surface area contributed by atoms with Crippen molar-refractivity contribution in [3.05, 3.63) is 33.9 Å². The van der Waals surface area contributed by atoms with E-state index in [1.165, 1.54) is 6.07 Å². The lowest BCUT2D eigenvalue weighted by Crippen LogP contribution is -2.27. The number of rotatable bonds is 8. The lowest BCUT2D eigenvalue weighted by Gasteiger charge is -2.20. The molecule has 6 nitrogen and oxygen atoms in total. The fourth-order valence-corrected chi connectivity index (χ4v) is 2.03. The van der Waals surface area contributed by atoms with E-state index in [2.05, 4.69) is 17.1 Å². The van der Waals surface area contributed by atoms with Gasteiger partial charge < -0.3 is 10.4 Å². The zero-order valence-corrected chi connectivity index (χ0v) is 11.4. The summed E-state index contributed by atoms with van der Waals surface area (Å²) < 4.78 is 0. The smallest absolute Gasteiger partial charge is 0.292 e. The van der Waals surface area contributed by atoms with Gasteiger partial charge in [-0.25, -0.2) is 0 Å². The zero-order valence-electron chi connectivity index (χ0n) is 11.4. The van der Waals surface area contributed by atoms with Crippen molar-refractivity contribution in [2.75, 3.05) is 32.1 Å². The molecule has 0 amide bonds. The molecule has 0 aliphatic rings. The van der Waals surface area contributed by atoms with E-state index in [0.29, 0.717) is 18.8 Å². The minimum atomic E-state index is -0.396. The van der Waals surface area contributed by atoms with Crippen LogP contribution in [0.2, 0.25) is 0 Å². The van der Waals surface area contributed by atoms with Crippen LogP contribution in [0.25, 0.3) is 0 Å². The van der Waals surface area contributed by atoms with Crippen LogP contribution in [0.4, 0.5) is 11.4 Å². The van der Waals surface area contributed by atoms with Crippen LogP contribution in [0.1, 0.15) is 18.9 Å². The van der Waals surface area contributed by atoms with E-state index in [-0.39, 0.29) is 12.3 Å². The van der Waals surface area contributed by atoms with Crippen LogP contribution in [0.3, 0.4) is 0 Å². The minimum Gasteiger partial charge on any atom is -0.395 e. The molecule has 0 bridgehead atoms. The molecule has 0 aliphatic heterocycles. The van der Waals surface area contributed by atoms with Gasteiger partial charge in [-0.2, -0.15) is 0 Å². The average Bonchev–Trinajstić information content (AvgIpc) is 2.38. The van der Waals surface area contributed by atoms with Crippen LogP contribution in [-0.2, 0) is 6.54 Å². The van der Waals surface area contributed by atoms with Gasteiger partial charge >= 0.3 is 0 Å². The third kappa shape index (κ3) is 4.50. The molecule has 0 saturated heterocycles. The molecule has 0 aromatic heterocycles. The Balaban J connectivity index is 2.86. The molecule has 1 aromatic carbocycles. The Hall–Kier alpha value is -1.66. The van der Waals surface area contributed by atoms with E-state index >= 15 is 0 Å². The molecule has 0 spiro atoms. The summed E-state index contributed by atoms with van der Waals surface area (Å²) in [4.78, 5) is 12.6.